The number of aryl methyl sites for hydroxylation is 1. The molecule has 1 atom stereocenters. The Kier molecular flexibility index (Phi) is 5.03. The molecule has 0 aromatic heterocycles. The first-order valence-corrected chi connectivity index (χ1v) is 7.33. The smallest absolute Gasteiger partial charge is 0.122 e. The lowest BCUT2D eigenvalue weighted by molar-refractivity contribution is 0.410. The van der Waals surface area contributed by atoms with Crippen LogP contribution in [-0.4, -0.2) is 13.7 Å². The second kappa shape index (κ2) is 6.76. The average molecular weight is 259 g/mol. The van der Waals surface area contributed by atoms with Crippen LogP contribution in [0.2, 0.25) is 0 Å². The van der Waals surface area contributed by atoms with Crippen molar-refractivity contribution in [2.75, 3.05) is 13.7 Å². The number of benzene rings is 1. The third-order valence-electron chi connectivity index (χ3n) is 3.81. The topological polar surface area (TPSA) is 21.3 Å². The van der Waals surface area contributed by atoms with E-state index in [1.807, 2.05) is 0 Å². The summed E-state index contributed by atoms with van der Waals surface area (Å²) in [6.07, 6.45) is 7.30. The van der Waals surface area contributed by atoms with Gasteiger partial charge in [0.25, 0.3) is 0 Å². The number of rotatable bonds is 6. The number of allylic oxidation sites excluding steroid dienone is 1. The molecule has 1 aliphatic rings. The molecule has 0 bridgehead atoms. The lowest BCUT2D eigenvalue weighted by Gasteiger charge is -2.21. The van der Waals surface area contributed by atoms with Crippen molar-refractivity contribution < 1.29 is 4.74 Å². The zero-order valence-corrected chi connectivity index (χ0v) is 12.3. The molecule has 0 heterocycles. The van der Waals surface area contributed by atoms with E-state index >= 15 is 0 Å². The molecule has 2 nitrogen and oxygen atoms in total. The molecule has 1 aromatic carbocycles. The Balaban J connectivity index is 2.26. The predicted molar refractivity (Wildman–Crippen MR) is 80.7 cm³/mol. The second-order valence-electron chi connectivity index (χ2n) is 5.29. The minimum absolute atomic E-state index is 0.358. The Bertz CT molecular complexity index is 451. The maximum absolute atomic E-state index is 5.46. The lowest BCUT2D eigenvalue weighted by Crippen LogP contribution is -2.23. The quantitative estimate of drug-likeness (QED) is 0.775. The van der Waals surface area contributed by atoms with E-state index in [4.69, 9.17) is 4.74 Å². The molecular weight excluding hydrogens is 234 g/mol. The van der Waals surface area contributed by atoms with Gasteiger partial charge in [-0.2, -0.15) is 0 Å². The van der Waals surface area contributed by atoms with Crippen LogP contribution in [0.25, 0.3) is 0 Å². The minimum Gasteiger partial charge on any atom is -0.496 e. The summed E-state index contributed by atoms with van der Waals surface area (Å²) in [7, 11) is 1.75. The van der Waals surface area contributed by atoms with Crippen LogP contribution in [0.4, 0.5) is 0 Å². The van der Waals surface area contributed by atoms with Gasteiger partial charge in [0.05, 0.1) is 13.2 Å². The molecule has 1 aromatic rings. The molecule has 2 rings (SSSR count). The molecule has 0 radical (unpaired) electrons. The molecule has 2 heteroatoms. The van der Waals surface area contributed by atoms with Crippen LogP contribution in [0.15, 0.2) is 29.8 Å². The molecule has 0 aliphatic heterocycles. The Morgan fingerprint density at radius 2 is 2.21 bits per heavy atom. The number of nitrogens with one attached hydrogen (secondary N) is 1. The Hall–Kier alpha value is -1.28. The van der Waals surface area contributed by atoms with Crippen molar-refractivity contribution in [2.45, 2.75) is 45.6 Å². The standard InChI is InChI=1S/C17H25NO/c1-4-11-18-17(14-7-5-6-8-14)15-10-9-13(2)16(12-15)19-3/h7,9-10,12,17-18H,4-6,8,11H2,1-3H3. The zero-order chi connectivity index (χ0) is 13.7. The molecule has 1 aliphatic carbocycles. The third-order valence-corrected chi connectivity index (χ3v) is 3.81. The number of methoxy groups -OCH3 is 1. The van der Waals surface area contributed by atoms with Crippen molar-refractivity contribution in [3.05, 3.63) is 41.0 Å². The zero-order valence-electron chi connectivity index (χ0n) is 12.3. The molecule has 1 N–H and O–H groups in total. The summed E-state index contributed by atoms with van der Waals surface area (Å²) in [5, 5.41) is 3.67. The van der Waals surface area contributed by atoms with Crippen LogP contribution < -0.4 is 10.1 Å². The maximum Gasteiger partial charge on any atom is 0.122 e. The van der Waals surface area contributed by atoms with Gasteiger partial charge in [-0.3, -0.25) is 0 Å². The lowest BCUT2D eigenvalue weighted by atomic mass is 9.96. The van der Waals surface area contributed by atoms with Crippen LogP contribution in [0.5, 0.6) is 5.75 Å². The maximum atomic E-state index is 5.46. The highest BCUT2D eigenvalue weighted by Gasteiger charge is 2.19. The fraction of sp³-hybridized carbons (Fsp3) is 0.529. The normalized spacial score (nSPS) is 16.3. The minimum atomic E-state index is 0.358. The highest BCUT2D eigenvalue weighted by Crippen LogP contribution is 2.33. The largest absolute Gasteiger partial charge is 0.496 e. The van der Waals surface area contributed by atoms with Gasteiger partial charge in [0.2, 0.25) is 0 Å². The Morgan fingerprint density at radius 1 is 1.37 bits per heavy atom. The van der Waals surface area contributed by atoms with Crippen molar-refractivity contribution in [1.82, 2.24) is 5.32 Å². The van der Waals surface area contributed by atoms with Gasteiger partial charge >= 0.3 is 0 Å². The average Bonchev–Trinajstić information content (AvgIpc) is 2.95. The van der Waals surface area contributed by atoms with Gasteiger partial charge < -0.3 is 10.1 Å². The third kappa shape index (κ3) is 3.38. The molecular formula is C17H25NO. The molecule has 104 valence electrons. The summed E-state index contributed by atoms with van der Waals surface area (Å²) >= 11 is 0. The fourth-order valence-corrected chi connectivity index (χ4v) is 2.73. The van der Waals surface area contributed by atoms with Crippen LogP contribution in [-0.2, 0) is 0 Å². The van der Waals surface area contributed by atoms with Crippen molar-refractivity contribution in [3.63, 3.8) is 0 Å². The summed E-state index contributed by atoms with van der Waals surface area (Å²) in [4.78, 5) is 0. The van der Waals surface area contributed by atoms with Gasteiger partial charge in [-0.25, -0.2) is 0 Å². The summed E-state index contributed by atoms with van der Waals surface area (Å²) in [5.74, 6) is 0.986. The van der Waals surface area contributed by atoms with E-state index < -0.39 is 0 Å². The first-order chi connectivity index (χ1) is 9.26. The molecule has 19 heavy (non-hydrogen) atoms. The van der Waals surface area contributed by atoms with Crippen LogP contribution in [0.3, 0.4) is 0 Å². The van der Waals surface area contributed by atoms with Crippen LogP contribution >= 0.6 is 0 Å². The first-order valence-electron chi connectivity index (χ1n) is 7.33. The number of hydrogen-bond acceptors (Lipinski definition) is 2. The van der Waals surface area contributed by atoms with Gasteiger partial charge in [0, 0.05) is 0 Å². The Labute approximate surface area is 116 Å². The monoisotopic (exact) mass is 259 g/mol. The second-order valence-corrected chi connectivity index (χ2v) is 5.29. The summed E-state index contributed by atoms with van der Waals surface area (Å²) < 4.78 is 5.46. The van der Waals surface area contributed by atoms with Crippen LogP contribution in [0.1, 0.15) is 49.8 Å². The van der Waals surface area contributed by atoms with Gasteiger partial charge in [-0.05, 0) is 56.3 Å². The molecule has 0 spiro atoms. The van der Waals surface area contributed by atoms with Crippen LogP contribution in [0, 0.1) is 6.92 Å². The molecule has 0 amide bonds. The molecule has 0 saturated carbocycles. The highest BCUT2D eigenvalue weighted by atomic mass is 16.5. The van der Waals surface area contributed by atoms with E-state index in [2.05, 4.69) is 43.4 Å². The summed E-state index contributed by atoms with van der Waals surface area (Å²) in [5.41, 5.74) is 4.06. The SMILES string of the molecule is CCCNC(C1=CCCC1)c1ccc(C)c(OC)c1. The molecule has 0 saturated heterocycles. The van der Waals surface area contributed by atoms with Crippen molar-refractivity contribution in [1.29, 1.82) is 0 Å². The van der Waals surface area contributed by atoms with Gasteiger partial charge in [0.15, 0.2) is 0 Å². The molecule has 0 fully saturated rings. The first kappa shape index (κ1) is 14.1. The van der Waals surface area contributed by atoms with Gasteiger partial charge in [-0.1, -0.05) is 30.7 Å². The summed E-state index contributed by atoms with van der Waals surface area (Å²) in [6, 6.07) is 6.92. The highest BCUT2D eigenvalue weighted by molar-refractivity contribution is 5.40. The van der Waals surface area contributed by atoms with E-state index in [0.717, 1.165) is 18.7 Å². The van der Waals surface area contributed by atoms with E-state index in [1.54, 1.807) is 12.7 Å². The van der Waals surface area contributed by atoms with Crippen molar-refractivity contribution in [2.24, 2.45) is 0 Å². The number of ether oxygens (including phenoxy) is 1. The fourth-order valence-electron chi connectivity index (χ4n) is 2.73. The van der Waals surface area contributed by atoms with Crippen molar-refractivity contribution in [3.8, 4) is 5.75 Å². The van der Waals surface area contributed by atoms with E-state index in [9.17, 15) is 0 Å². The van der Waals surface area contributed by atoms with E-state index in [-0.39, 0.29) is 0 Å². The van der Waals surface area contributed by atoms with Crippen molar-refractivity contribution >= 4 is 0 Å². The molecule has 1 unspecified atom stereocenters. The van der Waals surface area contributed by atoms with E-state index in [1.165, 1.54) is 30.4 Å². The van der Waals surface area contributed by atoms with E-state index in [0.29, 0.717) is 6.04 Å². The summed E-state index contributed by atoms with van der Waals surface area (Å²) in [6.45, 7) is 5.35. The van der Waals surface area contributed by atoms with Gasteiger partial charge in [0.1, 0.15) is 5.75 Å². The Morgan fingerprint density at radius 3 is 2.84 bits per heavy atom. The van der Waals surface area contributed by atoms with Gasteiger partial charge in [-0.15, -0.1) is 0 Å². The predicted octanol–water partition coefficient (Wildman–Crippen LogP) is 4.15. The number of hydrogen-bond donors (Lipinski definition) is 1.